The number of pyridine rings is 1. The highest BCUT2D eigenvalue weighted by atomic mass is 19.1. The third-order valence-electron chi connectivity index (χ3n) is 4.88. The van der Waals surface area contributed by atoms with E-state index in [1.54, 1.807) is 18.3 Å². The Morgan fingerprint density at radius 2 is 1.81 bits per heavy atom. The van der Waals surface area contributed by atoms with E-state index in [0.29, 0.717) is 17.9 Å². The summed E-state index contributed by atoms with van der Waals surface area (Å²) >= 11 is 0. The third-order valence-corrected chi connectivity index (χ3v) is 4.88. The predicted molar refractivity (Wildman–Crippen MR) is 107 cm³/mol. The molecule has 3 rings (SSSR count). The molecule has 1 fully saturated rings. The van der Waals surface area contributed by atoms with Crippen LogP contribution in [0.5, 0.6) is 0 Å². The van der Waals surface area contributed by atoms with Crippen LogP contribution >= 0.6 is 0 Å². The lowest BCUT2D eigenvalue weighted by Crippen LogP contribution is -2.46. The summed E-state index contributed by atoms with van der Waals surface area (Å²) in [5.74, 6) is -0.302. The molecule has 1 aliphatic rings. The highest BCUT2D eigenvalue weighted by Crippen LogP contribution is 2.22. The molecule has 0 spiro atoms. The van der Waals surface area contributed by atoms with Crippen molar-refractivity contribution in [2.45, 2.75) is 26.2 Å². The number of aromatic nitrogens is 1. The summed E-state index contributed by atoms with van der Waals surface area (Å²) < 4.78 is 13.9. The van der Waals surface area contributed by atoms with Gasteiger partial charge in [0.05, 0.1) is 17.6 Å². The van der Waals surface area contributed by atoms with Gasteiger partial charge in [0, 0.05) is 32.7 Å². The van der Waals surface area contributed by atoms with Gasteiger partial charge in [0.25, 0.3) is 5.91 Å². The first-order valence-corrected chi connectivity index (χ1v) is 9.67. The molecule has 5 nitrogen and oxygen atoms in total. The molecule has 1 saturated heterocycles. The van der Waals surface area contributed by atoms with E-state index in [-0.39, 0.29) is 11.7 Å². The minimum atomic E-state index is -0.179. The molecule has 0 unspecified atom stereocenters. The number of halogens is 1. The highest BCUT2D eigenvalue weighted by molar-refractivity contribution is 5.92. The summed E-state index contributed by atoms with van der Waals surface area (Å²) in [4.78, 5) is 20.7. The number of nitrogens with one attached hydrogen (secondary N) is 1. The van der Waals surface area contributed by atoms with E-state index in [1.807, 2.05) is 18.2 Å². The Morgan fingerprint density at radius 1 is 1.07 bits per heavy atom. The van der Waals surface area contributed by atoms with Gasteiger partial charge in [-0.3, -0.25) is 4.79 Å². The molecule has 0 aliphatic carbocycles. The molecular weight excluding hydrogens is 343 g/mol. The third kappa shape index (κ3) is 4.96. The zero-order valence-electron chi connectivity index (χ0n) is 15.8. The summed E-state index contributed by atoms with van der Waals surface area (Å²) in [6.45, 7) is 5.91. The second-order valence-electron chi connectivity index (χ2n) is 6.79. The number of piperazine rings is 1. The SMILES string of the molecule is CCCCCNC(=O)c1ccc(N2CCN(c3ccccc3F)CC2)cn1. The fraction of sp³-hybridized carbons (Fsp3) is 0.429. The van der Waals surface area contributed by atoms with Crippen molar-refractivity contribution in [1.82, 2.24) is 10.3 Å². The fourth-order valence-electron chi connectivity index (χ4n) is 3.29. The molecule has 1 aromatic heterocycles. The number of carbonyl (C=O) groups excluding carboxylic acids is 1. The van der Waals surface area contributed by atoms with E-state index >= 15 is 0 Å². The van der Waals surface area contributed by atoms with Gasteiger partial charge in [0.15, 0.2) is 0 Å². The minimum Gasteiger partial charge on any atom is -0.367 e. The van der Waals surface area contributed by atoms with E-state index in [2.05, 4.69) is 27.0 Å². The number of anilines is 2. The number of para-hydroxylation sites is 1. The van der Waals surface area contributed by atoms with Gasteiger partial charge in [0.1, 0.15) is 11.5 Å². The van der Waals surface area contributed by atoms with Gasteiger partial charge in [-0.25, -0.2) is 9.37 Å². The van der Waals surface area contributed by atoms with Gasteiger partial charge >= 0.3 is 0 Å². The van der Waals surface area contributed by atoms with Gasteiger partial charge in [0.2, 0.25) is 0 Å². The highest BCUT2D eigenvalue weighted by Gasteiger charge is 2.20. The quantitative estimate of drug-likeness (QED) is 0.758. The number of nitrogens with zero attached hydrogens (tertiary/aromatic N) is 3. The molecule has 0 bridgehead atoms. The predicted octanol–water partition coefficient (Wildman–Crippen LogP) is 3.47. The van der Waals surface area contributed by atoms with Crippen LogP contribution in [0.1, 0.15) is 36.7 Å². The van der Waals surface area contributed by atoms with Crippen LogP contribution in [-0.2, 0) is 0 Å². The maximum Gasteiger partial charge on any atom is 0.269 e. The number of hydrogen-bond acceptors (Lipinski definition) is 4. The zero-order valence-corrected chi connectivity index (χ0v) is 15.8. The lowest BCUT2D eigenvalue weighted by molar-refractivity contribution is 0.0948. The molecular formula is C21H27FN4O. The largest absolute Gasteiger partial charge is 0.367 e. The van der Waals surface area contributed by atoms with Crippen LogP contribution in [0.2, 0.25) is 0 Å². The van der Waals surface area contributed by atoms with E-state index in [9.17, 15) is 9.18 Å². The first-order chi connectivity index (χ1) is 13.2. The van der Waals surface area contributed by atoms with Crippen molar-refractivity contribution in [3.05, 3.63) is 54.1 Å². The summed E-state index contributed by atoms with van der Waals surface area (Å²) in [6, 6.07) is 10.6. The van der Waals surface area contributed by atoms with Crippen LogP contribution in [0, 0.1) is 5.82 Å². The van der Waals surface area contributed by atoms with Gasteiger partial charge in [-0.15, -0.1) is 0 Å². The lowest BCUT2D eigenvalue weighted by atomic mass is 10.2. The van der Waals surface area contributed by atoms with Crippen molar-refractivity contribution in [2.75, 3.05) is 42.5 Å². The first kappa shape index (κ1) is 19.1. The molecule has 27 heavy (non-hydrogen) atoms. The Kier molecular flexibility index (Phi) is 6.63. The number of unbranched alkanes of at least 4 members (excludes halogenated alkanes) is 2. The van der Waals surface area contributed by atoms with Crippen molar-refractivity contribution < 1.29 is 9.18 Å². The molecule has 2 aromatic rings. The van der Waals surface area contributed by atoms with Crippen molar-refractivity contribution in [2.24, 2.45) is 0 Å². The van der Waals surface area contributed by atoms with Crippen molar-refractivity contribution in [3.63, 3.8) is 0 Å². The van der Waals surface area contributed by atoms with Crippen LogP contribution < -0.4 is 15.1 Å². The average molecular weight is 370 g/mol. The van der Waals surface area contributed by atoms with Crippen molar-refractivity contribution >= 4 is 17.3 Å². The fourth-order valence-corrected chi connectivity index (χ4v) is 3.29. The summed E-state index contributed by atoms with van der Waals surface area (Å²) in [7, 11) is 0. The Bertz CT molecular complexity index is 742. The average Bonchev–Trinajstić information content (AvgIpc) is 2.72. The Hall–Kier alpha value is -2.63. The summed E-state index contributed by atoms with van der Waals surface area (Å²) in [5, 5.41) is 2.90. The van der Waals surface area contributed by atoms with E-state index < -0.39 is 0 Å². The van der Waals surface area contributed by atoms with Crippen LogP contribution in [0.25, 0.3) is 0 Å². The molecule has 0 saturated carbocycles. The second kappa shape index (κ2) is 9.35. The Morgan fingerprint density at radius 3 is 2.48 bits per heavy atom. The van der Waals surface area contributed by atoms with Crippen LogP contribution in [-0.4, -0.2) is 43.6 Å². The standard InChI is InChI=1S/C21H27FN4O/c1-2-3-6-11-23-21(27)19-10-9-17(16-24-19)25-12-14-26(15-13-25)20-8-5-4-7-18(20)22/h4-5,7-10,16H,2-3,6,11-15H2,1H3,(H,23,27). The van der Waals surface area contributed by atoms with E-state index in [1.165, 1.54) is 6.07 Å². The second-order valence-corrected chi connectivity index (χ2v) is 6.79. The molecule has 1 aliphatic heterocycles. The van der Waals surface area contributed by atoms with Crippen LogP contribution in [0.15, 0.2) is 42.6 Å². The lowest BCUT2D eigenvalue weighted by Gasteiger charge is -2.37. The number of benzene rings is 1. The van der Waals surface area contributed by atoms with Gasteiger partial charge in [-0.1, -0.05) is 31.9 Å². The molecule has 1 aromatic carbocycles. The summed E-state index contributed by atoms with van der Waals surface area (Å²) in [6.07, 6.45) is 4.99. The molecule has 1 amide bonds. The Labute approximate surface area is 160 Å². The molecule has 6 heteroatoms. The minimum absolute atomic E-state index is 0.123. The van der Waals surface area contributed by atoms with Crippen LogP contribution in [0.4, 0.5) is 15.8 Å². The molecule has 2 heterocycles. The number of rotatable bonds is 7. The van der Waals surface area contributed by atoms with Gasteiger partial charge in [-0.2, -0.15) is 0 Å². The molecule has 0 radical (unpaired) electrons. The van der Waals surface area contributed by atoms with Gasteiger partial charge in [-0.05, 0) is 30.7 Å². The van der Waals surface area contributed by atoms with E-state index in [0.717, 1.165) is 51.1 Å². The smallest absolute Gasteiger partial charge is 0.269 e. The maximum absolute atomic E-state index is 13.9. The van der Waals surface area contributed by atoms with Crippen molar-refractivity contribution in [1.29, 1.82) is 0 Å². The maximum atomic E-state index is 13.9. The topological polar surface area (TPSA) is 48.5 Å². The number of hydrogen-bond donors (Lipinski definition) is 1. The summed E-state index contributed by atoms with van der Waals surface area (Å²) in [5.41, 5.74) is 2.09. The van der Waals surface area contributed by atoms with E-state index in [4.69, 9.17) is 0 Å². The number of carbonyl (C=O) groups is 1. The van der Waals surface area contributed by atoms with Crippen molar-refractivity contribution in [3.8, 4) is 0 Å². The first-order valence-electron chi connectivity index (χ1n) is 9.67. The normalized spacial score (nSPS) is 14.3. The van der Waals surface area contributed by atoms with Gasteiger partial charge < -0.3 is 15.1 Å². The monoisotopic (exact) mass is 370 g/mol. The number of amides is 1. The molecule has 1 N–H and O–H groups in total. The van der Waals surface area contributed by atoms with Crippen LogP contribution in [0.3, 0.4) is 0 Å². The molecule has 144 valence electrons. The molecule has 0 atom stereocenters. The zero-order chi connectivity index (χ0) is 19.1. The Balaban J connectivity index is 1.53.